The fraction of sp³-hybridized carbons (Fsp3) is 0.400. The zero-order valence-corrected chi connectivity index (χ0v) is 11.3. The van der Waals surface area contributed by atoms with Gasteiger partial charge in [0.15, 0.2) is 0 Å². The van der Waals surface area contributed by atoms with Crippen molar-refractivity contribution in [1.29, 1.82) is 0 Å². The molecule has 1 atom stereocenters. The van der Waals surface area contributed by atoms with Crippen molar-refractivity contribution in [2.45, 2.75) is 38.2 Å². The molecule has 1 aliphatic carbocycles. The number of aliphatic hydroxyl groups excluding tert-OH is 1. The van der Waals surface area contributed by atoms with Crippen LogP contribution in [0, 0.1) is 6.92 Å². The van der Waals surface area contributed by atoms with Crippen LogP contribution >= 0.6 is 11.3 Å². The van der Waals surface area contributed by atoms with E-state index in [-0.39, 0.29) is 0 Å². The minimum atomic E-state index is -0.445. The van der Waals surface area contributed by atoms with Gasteiger partial charge in [0.05, 0.1) is 16.8 Å². The molecule has 1 saturated carbocycles. The lowest BCUT2D eigenvalue weighted by Gasteiger charge is -2.10. The summed E-state index contributed by atoms with van der Waals surface area (Å²) < 4.78 is 0. The number of nitrogens with zero attached hydrogens (tertiary/aromatic N) is 1. The van der Waals surface area contributed by atoms with Crippen LogP contribution in [0.1, 0.15) is 46.7 Å². The van der Waals surface area contributed by atoms with Gasteiger partial charge in [-0.1, -0.05) is 24.3 Å². The lowest BCUT2D eigenvalue weighted by atomic mass is 10.0. The van der Waals surface area contributed by atoms with Gasteiger partial charge >= 0.3 is 0 Å². The standard InChI is InChI=1S/C15H17NOS/c1-10-16-14(9-18-10)8-15(17)13-6-4-12(5-7-13)11-2-3-11/h4-7,9,11,15,17H,2-3,8H2,1H3. The summed E-state index contributed by atoms with van der Waals surface area (Å²) in [6, 6.07) is 8.42. The molecule has 0 amide bonds. The molecule has 18 heavy (non-hydrogen) atoms. The highest BCUT2D eigenvalue weighted by Crippen LogP contribution is 2.40. The molecular weight excluding hydrogens is 242 g/mol. The van der Waals surface area contributed by atoms with E-state index in [4.69, 9.17) is 0 Å². The van der Waals surface area contributed by atoms with E-state index in [0.29, 0.717) is 6.42 Å². The van der Waals surface area contributed by atoms with Crippen molar-refractivity contribution < 1.29 is 5.11 Å². The third kappa shape index (κ3) is 2.62. The minimum absolute atomic E-state index is 0.445. The number of hydrogen-bond acceptors (Lipinski definition) is 3. The van der Waals surface area contributed by atoms with Crippen molar-refractivity contribution in [3.63, 3.8) is 0 Å². The summed E-state index contributed by atoms with van der Waals surface area (Å²) in [4.78, 5) is 4.39. The van der Waals surface area contributed by atoms with Crippen LogP contribution in [0.4, 0.5) is 0 Å². The fourth-order valence-corrected chi connectivity index (χ4v) is 2.85. The zero-order valence-electron chi connectivity index (χ0n) is 10.5. The Morgan fingerprint density at radius 1 is 1.33 bits per heavy atom. The van der Waals surface area contributed by atoms with Crippen molar-refractivity contribution in [1.82, 2.24) is 4.98 Å². The first-order chi connectivity index (χ1) is 8.72. The Bertz CT molecular complexity index is 528. The van der Waals surface area contributed by atoms with Gasteiger partial charge in [-0.3, -0.25) is 0 Å². The monoisotopic (exact) mass is 259 g/mol. The van der Waals surface area contributed by atoms with Gasteiger partial charge in [0.25, 0.3) is 0 Å². The largest absolute Gasteiger partial charge is 0.388 e. The van der Waals surface area contributed by atoms with E-state index >= 15 is 0 Å². The molecule has 0 saturated heterocycles. The van der Waals surface area contributed by atoms with Crippen LogP contribution in [0.25, 0.3) is 0 Å². The number of rotatable bonds is 4. The molecule has 3 rings (SSSR count). The molecule has 1 aromatic carbocycles. The Balaban J connectivity index is 1.69. The number of aromatic nitrogens is 1. The Morgan fingerprint density at radius 3 is 2.61 bits per heavy atom. The van der Waals surface area contributed by atoms with Crippen LogP contribution < -0.4 is 0 Å². The third-order valence-corrected chi connectivity index (χ3v) is 4.26. The maximum atomic E-state index is 10.2. The summed E-state index contributed by atoms with van der Waals surface area (Å²) in [5.41, 5.74) is 3.39. The van der Waals surface area contributed by atoms with E-state index in [1.54, 1.807) is 11.3 Å². The van der Waals surface area contributed by atoms with Crippen molar-refractivity contribution in [2.24, 2.45) is 0 Å². The molecule has 1 heterocycles. The van der Waals surface area contributed by atoms with Crippen LogP contribution in [-0.2, 0) is 6.42 Å². The average molecular weight is 259 g/mol. The molecule has 1 fully saturated rings. The third-order valence-electron chi connectivity index (χ3n) is 3.44. The van der Waals surface area contributed by atoms with E-state index in [0.717, 1.165) is 22.2 Å². The molecule has 2 aromatic rings. The predicted octanol–water partition coefficient (Wildman–Crippen LogP) is 3.61. The second-order valence-electron chi connectivity index (χ2n) is 5.02. The summed E-state index contributed by atoms with van der Waals surface area (Å²) in [6.07, 6.45) is 2.80. The molecule has 0 radical (unpaired) electrons. The van der Waals surface area contributed by atoms with E-state index in [1.165, 1.54) is 18.4 Å². The van der Waals surface area contributed by atoms with Gasteiger partial charge in [0.1, 0.15) is 0 Å². The normalized spacial score (nSPS) is 16.8. The highest BCUT2D eigenvalue weighted by atomic mass is 32.1. The fourth-order valence-electron chi connectivity index (χ4n) is 2.22. The molecule has 1 N–H and O–H groups in total. The minimum Gasteiger partial charge on any atom is -0.388 e. The summed E-state index contributed by atoms with van der Waals surface area (Å²) in [5.74, 6) is 0.775. The molecule has 2 nitrogen and oxygen atoms in total. The van der Waals surface area contributed by atoms with E-state index in [9.17, 15) is 5.11 Å². The molecule has 1 aromatic heterocycles. The van der Waals surface area contributed by atoms with E-state index in [2.05, 4.69) is 29.2 Å². The van der Waals surface area contributed by atoms with Crippen molar-refractivity contribution >= 4 is 11.3 Å². The quantitative estimate of drug-likeness (QED) is 0.910. The summed E-state index contributed by atoms with van der Waals surface area (Å²) in [5, 5.41) is 13.3. The van der Waals surface area contributed by atoms with Gasteiger partial charge < -0.3 is 5.11 Å². The Kier molecular flexibility index (Phi) is 3.18. The van der Waals surface area contributed by atoms with Crippen LogP contribution in [0.2, 0.25) is 0 Å². The summed E-state index contributed by atoms with van der Waals surface area (Å²) in [6.45, 7) is 1.99. The van der Waals surface area contributed by atoms with E-state index in [1.807, 2.05) is 12.3 Å². The van der Waals surface area contributed by atoms with Crippen molar-refractivity contribution in [2.75, 3.05) is 0 Å². The van der Waals surface area contributed by atoms with Crippen LogP contribution in [0.5, 0.6) is 0 Å². The second kappa shape index (κ2) is 4.82. The summed E-state index contributed by atoms with van der Waals surface area (Å²) >= 11 is 1.63. The topological polar surface area (TPSA) is 33.1 Å². The second-order valence-corrected chi connectivity index (χ2v) is 6.08. The maximum absolute atomic E-state index is 10.2. The van der Waals surface area contributed by atoms with Crippen molar-refractivity contribution in [3.05, 3.63) is 51.5 Å². The van der Waals surface area contributed by atoms with Gasteiger partial charge in [0, 0.05) is 11.8 Å². The first-order valence-electron chi connectivity index (χ1n) is 6.41. The average Bonchev–Trinajstić information content (AvgIpc) is 3.14. The highest BCUT2D eigenvalue weighted by molar-refractivity contribution is 7.09. The highest BCUT2D eigenvalue weighted by Gasteiger charge is 2.23. The number of aliphatic hydroxyl groups is 1. The zero-order chi connectivity index (χ0) is 12.5. The SMILES string of the molecule is Cc1nc(CC(O)c2ccc(C3CC3)cc2)cs1. The Hall–Kier alpha value is -1.19. The molecular formula is C15H17NOS. The lowest BCUT2D eigenvalue weighted by molar-refractivity contribution is 0.177. The van der Waals surface area contributed by atoms with Crippen LogP contribution in [0.15, 0.2) is 29.6 Å². The first-order valence-corrected chi connectivity index (χ1v) is 7.29. The maximum Gasteiger partial charge on any atom is 0.0897 e. The number of benzene rings is 1. The molecule has 94 valence electrons. The van der Waals surface area contributed by atoms with Gasteiger partial charge in [-0.2, -0.15) is 0 Å². The summed E-state index contributed by atoms with van der Waals surface area (Å²) in [7, 11) is 0. The molecule has 1 aliphatic rings. The van der Waals surface area contributed by atoms with E-state index < -0.39 is 6.10 Å². The molecule has 0 spiro atoms. The predicted molar refractivity (Wildman–Crippen MR) is 73.9 cm³/mol. The van der Waals surface area contributed by atoms with Gasteiger partial charge in [0.2, 0.25) is 0 Å². The first kappa shape index (κ1) is 11.9. The number of aryl methyl sites for hydroxylation is 1. The van der Waals surface area contributed by atoms with Gasteiger partial charge in [-0.15, -0.1) is 11.3 Å². The number of thiazole rings is 1. The molecule has 0 bridgehead atoms. The van der Waals surface area contributed by atoms with Crippen LogP contribution in [0.3, 0.4) is 0 Å². The van der Waals surface area contributed by atoms with Gasteiger partial charge in [-0.05, 0) is 36.8 Å². The van der Waals surface area contributed by atoms with Gasteiger partial charge in [-0.25, -0.2) is 4.98 Å². The van der Waals surface area contributed by atoms with Crippen molar-refractivity contribution in [3.8, 4) is 0 Å². The Labute approximate surface area is 111 Å². The lowest BCUT2D eigenvalue weighted by Crippen LogP contribution is -2.02. The molecule has 0 aliphatic heterocycles. The van der Waals surface area contributed by atoms with Crippen LogP contribution in [-0.4, -0.2) is 10.1 Å². The molecule has 1 unspecified atom stereocenters. The Morgan fingerprint density at radius 2 is 2.06 bits per heavy atom. The number of hydrogen-bond donors (Lipinski definition) is 1. The smallest absolute Gasteiger partial charge is 0.0897 e. The molecule has 3 heteroatoms.